The summed E-state index contributed by atoms with van der Waals surface area (Å²) in [6.45, 7) is 3.65. The number of aromatic amines is 1. The van der Waals surface area contributed by atoms with Crippen LogP contribution in [0.2, 0.25) is 0 Å². The average Bonchev–Trinajstić information content (AvgIpc) is 3.19. The molecule has 5 nitrogen and oxygen atoms in total. The third-order valence-corrected chi connectivity index (χ3v) is 4.40. The van der Waals surface area contributed by atoms with Crippen LogP contribution in [-0.2, 0) is 6.42 Å². The number of benzene rings is 1. The van der Waals surface area contributed by atoms with Gasteiger partial charge in [-0.2, -0.15) is 0 Å². The van der Waals surface area contributed by atoms with Crippen LogP contribution < -0.4 is 0 Å². The highest BCUT2D eigenvalue weighted by atomic mass is 16.5. The fourth-order valence-electron chi connectivity index (χ4n) is 2.88. The van der Waals surface area contributed by atoms with E-state index in [2.05, 4.69) is 21.2 Å². The third-order valence-electron chi connectivity index (χ3n) is 4.40. The molecule has 4 aromatic rings. The highest BCUT2D eigenvalue weighted by molar-refractivity contribution is 5.97. The van der Waals surface area contributed by atoms with E-state index in [1.165, 1.54) is 0 Å². The van der Waals surface area contributed by atoms with E-state index in [9.17, 15) is 4.79 Å². The zero-order valence-corrected chi connectivity index (χ0v) is 14.0. The number of aromatic nitrogens is 3. The van der Waals surface area contributed by atoms with Gasteiger partial charge in [0.1, 0.15) is 11.4 Å². The first-order chi connectivity index (χ1) is 12.1. The second kappa shape index (κ2) is 6.02. The number of carbonyl (C=O) groups is 1. The molecule has 0 aliphatic carbocycles. The van der Waals surface area contributed by atoms with Gasteiger partial charge in [0.15, 0.2) is 11.5 Å². The Hall–Kier alpha value is -3.21. The molecule has 0 radical (unpaired) electrons. The minimum absolute atomic E-state index is 0.0608. The van der Waals surface area contributed by atoms with Crippen LogP contribution in [0.4, 0.5) is 0 Å². The molecule has 0 saturated heterocycles. The second-order valence-electron chi connectivity index (χ2n) is 6.14. The van der Waals surface area contributed by atoms with E-state index >= 15 is 0 Å². The van der Waals surface area contributed by atoms with Crippen molar-refractivity contribution in [3.63, 3.8) is 0 Å². The number of pyridine rings is 1. The summed E-state index contributed by atoms with van der Waals surface area (Å²) >= 11 is 0. The first-order valence-electron chi connectivity index (χ1n) is 8.11. The Morgan fingerprint density at radius 3 is 2.68 bits per heavy atom. The molecule has 1 N–H and O–H groups in total. The van der Waals surface area contributed by atoms with Crippen molar-refractivity contribution in [2.45, 2.75) is 20.3 Å². The molecule has 25 heavy (non-hydrogen) atoms. The van der Waals surface area contributed by atoms with Gasteiger partial charge >= 0.3 is 0 Å². The van der Waals surface area contributed by atoms with Crippen LogP contribution in [0.1, 0.15) is 27.4 Å². The molecule has 0 aliphatic rings. The summed E-state index contributed by atoms with van der Waals surface area (Å²) in [5.74, 6) is 0.615. The molecule has 124 valence electrons. The van der Waals surface area contributed by atoms with E-state index in [1.54, 1.807) is 13.1 Å². The SMILES string of the molecule is Cc1onc(C(=O)Cc2cnc3[nH]c(-c4ccccc4)cc3c2)c1C. The summed E-state index contributed by atoms with van der Waals surface area (Å²) in [5, 5.41) is 4.85. The summed E-state index contributed by atoms with van der Waals surface area (Å²) in [6, 6.07) is 14.1. The number of ketones is 1. The minimum atomic E-state index is -0.0608. The molecule has 4 rings (SSSR count). The van der Waals surface area contributed by atoms with Crippen LogP contribution in [-0.4, -0.2) is 20.9 Å². The van der Waals surface area contributed by atoms with Gasteiger partial charge in [0, 0.05) is 29.3 Å². The normalized spacial score (nSPS) is 11.1. The number of nitrogens with one attached hydrogen (secondary N) is 1. The Morgan fingerprint density at radius 2 is 1.96 bits per heavy atom. The average molecular weight is 331 g/mol. The Labute approximate surface area is 144 Å². The van der Waals surface area contributed by atoms with E-state index in [4.69, 9.17) is 4.52 Å². The zero-order valence-electron chi connectivity index (χ0n) is 14.0. The van der Waals surface area contributed by atoms with Gasteiger partial charge in [-0.25, -0.2) is 4.98 Å². The number of hydrogen-bond donors (Lipinski definition) is 1. The topological polar surface area (TPSA) is 71.8 Å². The van der Waals surface area contributed by atoms with E-state index in [0.717, 1.165) is 33.4 Å². The van der Waals surface area contributed by atoms with E-state index in [-0.39, 0.29) is 12.2 Å². The first kappa shape index (κ1) is 15.3. The van der Waals surface area contributed by atoms with Crippen molar-refractivity contribution in [1.29, 1.82) is 0 Å². The van der Waals surface area contributed by atoms with Crippen LogP contribution in [0, 0.1) is 13.8 Å². The summed E-state index contributed by atoms with van der Waals surface area (Å²) < 4.78 is 5.09. The lowest BCUT2D eigenvalue weighted by atomic mass is 10.0. The van der Waals surface area contributed by atoms with Gasteiger partial charge in [-0.1, -0.05) is 35.5 Å². The van der Waals surface area contributed by atoms with Crippen LogP contribution >= 0.6 is 0 Å². The highest BCUT2D eigenvalue weighted by Gasteiger charge is 2.17. The van der Waals surface area contributed by atoms with Crippen molar-refractivity contribution >= 4 is 16.8 Å². The fourth-order valence-corrected chi connectivity index (χ4v) is 2.88. The van der Waals surface area contributed by atoms with E-state index in [1.807, 2.05) is 43.3 Å². The van der Waals surface area contributed by atoms with Crippen LogP contribution in [0.15, 0.2) is 53.2 Å². The molecule has 0 spiro atoms. The van der Waals surface area contributed by atoms with Crippen molar-refractivity contribution in [3.8, 4) is 11.3 Å². The molecule has 0 unspecified atom stereocenters. The van der Waals surface area contributed by atoms with Crippen LogP contribution in [0.25, 0.3) is 22.3 Å². The molecule has 0 saturated carbocycles. The summed E-state index contributed by atoms with van der Waals surface area (Å²) in [6.07, 6.45) is 1.98. The molecule has 0 fully saturated rings. The van der Waals surface area contributed by atoms with Gasteiger partial charge in [-0.3, -0.25) is 4.79 Å². The second-order valence-corrected chi connectivity index (χ2v) is 6.14. The molecule has 0 aliphatic heterocycles. The molecule has 5 heteroatoms. The van der Waals surface area contributed by atoms with Crippen molar-refractivity contribution in [3.05, 3.63) is 71.2 Å². The zero-order chi connectivity index (χ0) is 17.4. The molecular formula is C20H17N3O2. The fraction of sp³-hybridized carbons (Fsp3) is 0.150. The van der Waals surface area contributed by atoms with Crippen LogP contribution in [0.5, 0.6) is 0 Å². The molecule has 0 atom stereocenters. The number of aryl methyl sites for hydroxylation is 1. The number of fused-ring (bicyclic) bond motifs is 1. The molecule has 3 heterocycles. The number of carbonyl (C=O) groups excluding carboxylic acids is 1. The van der Waals surface area contributed by atoms with Gasteiger partial charge < -0.3 is 9.51 Å². The number of rotatable bonds is 4. The lowest BCUT2D eigenvalue weighted by molar-refractivity contribution is 0.0983. The lowest BCUT2D eigenvalue weighted by Crippen LogP contribution is -2.06. The highest BCUT2D eigenvalue weighted by Crippen LogP contribution is 2.24. The quantitative estimate of drug-likeness (QED) is 0.567. The maximum absolute atomic E-state index is 12.5. The first-order valence-corrected chi connectivity index (χ1v) is 8.11. The van der Waals surface area contributed by atoms with Crippen molar-refractivity contribution in [2.24, 2.45) is 0 Å². The molecule has 3 aromatic heterocycles. The molecular weight excluding hydrogens is 314 g/mol. The maximum atomic E-state index is 12.5. The van der Waals surface area contributed by atoms with Crippen molar-refractivity contribution in [2.75, 3.05) is 0 Å². The van der Waals surface area contributed by atoms with Crippen molar-refractivity contribution < 1.29 is 9.32 Å². The molecule has 0 amide bonds. The van der Waals surface area contributed by atoms with Gasteiger partial charge in [-0.15, -0.1) is 0 Å². The van der Waals surface area contributed by atoms with E-state index in [0.29, 0.717) is 11.5 Å². The molecule has 1 aromatic carbocycles. The van der Waals surface area contributed by atoms with Gasteiger partial charge in [0.2, 0.25) is 0 Å². The Balaban J connectivity index is 1.63. The van der Waals surface area contributed by atoms with E-state index < -0.39 is 0 Å². The Kier molecular flexibility index (Phi) is 3.69. The van der Waals surface area contributed by atoms with Gasteiger partial charge in [0.25, 0.3) is 0 Å². The van der Waals surface area contributed by atoms with Crippen molar-refractivity contribution in [1.82, 2.24) is 15.1 Å². The predicted molar refractivity (Wildman–Crippen MR) is 95.5 cm³/mol. The largest absolute Gasteiger partial charge is 0.361 e. The standard InChI is InChI=1S/C20H17N3O2/c1-12-13(2)25-23-19(12)18(24)9-14-8-16-10-17(22-20(16)21-11-14)15-6-4-3-5-7-15/h3-8,10-11H,9H2,1-2H3,(H,21,22). The number of Topliss-reactive ketones (excluding diaryl/α,β-unsaturated/α-hetero) is 1. The van der Waals surface area contributed by atoms with Gasteiger partial charge in [-0.05, 0) is 37.1 Å². The summed E-state index contributed by atoms with van der Waals surface area (Å²) in [4.78, 5) is 20.2. The van der Waals surface area contributed by atoms with Crippen LogP contribution in [0.3, 0.4) is 0 Å². The maximum Gasteiger partial charge on any atom is 0.189 e. The number of H-pyrrole nitrogens is 1. The summed E-state index contributed by atoms with van der Waals surface area (Å²) in [7, 11) is 0. The smallest absolute Gasteiger partial charge is 0.189 e. The van der Waals surface area contributed by atoms with Gasteiger partial charge in [0.05, 0.1) is 0 Å². The lowest BCUT2D eigenvalue weighted by Gasteiger charge is -1.99. The number of nitrogens with zero attached hydrogens (tertiary/aromatic N) is 2. The number of hydrogen-bond acceptors (Lipinski definition) is 4. The minimum Gasteiger partial charge on any atom is -0.361 e. The Morgan fingerprint density at radius 1 is 1.16 bits per heavy atom. The Bertz CT molecular complexity index is 1060. The molecule has 0 bridgehead atoms. The summed E-state index contributed by atoms with van der Waals surface area (Å²) in [5.41, 5.74) is 4.98. The monoisotopic (exact) mass is 331 g/mol. The third kappa shape index (κ3) is 2.85. The predicted octanol–water partition coefficient (Wildman–Crippen LogP) is 4.26.